The second-order valence-corrected chi connectivity index (χ2v) is 8.96. The van der Waals surface area contributed by atoms with Gasteiger partial charge in [0.15, 0.2) is 5.60 Å². The molecule has 0 radical (unpaired) electrons. The van der Waals surface area contributed by atoms with Gasteiger partial charge in [-0.25, -0.2) is 8.42 Å². The first-order valence-electron chi connectivity index (χ1n) is 7.96. The fraction of sp³-hybridized carbons (Fsp3) is 0.250. The van der Waals surface area contributed by atoms with Crippen molar-refractivity contribution < 1.29 is 17.9 Å². The highest BCUT2D eigenvalue weighted by molar-refractivity contribution is 7.91. The van der Waals surface area contributed by atoms with Crippen molar-refractivity contribution in [2.45, 2.75) is 36.2 Å². The first kappa shape index (κ1) is 17.4. The molecule has 0 fully saturated rings. The van der Waals surface area contributed by atoms with Crippen molar-refractivity contribution in [1.82, 2.24) is 0 Å². The number of carbonyl (C=O) groups excluding carboxylic acids is 1. The van der Waals surface area contributed by atoms with Crippen LogP contribution in [0.25, 0.3) is 0 Å². The topological polar surface area (TPSA) is 60.4 Å². The Bertz CT molecular complexity index is 912. The number of hydrogen-bond donors (Lipinski definition) is 0. The predicted octanol–water partition coefficient (Wildman–Crippen LogP) is 3.85. The minimum atomic E-state index is -3.69. The summed E-state index contributed by atoms with van der Waals surface area (Å²) in [4.78, 5) is 12.9. The summed E-state index contributed by atoms with van der Waals surface area (Å²) in [6, 6.07) is 13.2. The van der Waals surface area contributed by atoms with Crippen molar-refractivity contribution >= 4 is 15.8 Å². The molecule has 1 heterocycles. The maximum Gasteiger partial charge on any atom is 0.312 e. The summed E-state index contributed by atoms with van der Waals surface area (Å²) >= 11 is 0. The molecular formula is C20H20O4S. The standard InChI is InChI=1S/C20H20O4S/c1-5-20(24-18(21)19(2,3)4)14-10-6-8-12-16(14)25(22,23)17-13-9-7-11-15(17)20/h5-13H,1H2,2-4H3. The molecule has 0 aliphatic carbocycles. The van der Waals surface area contributed by atoms with E-state index in [1.165, 1.54) is 18.2 Å². The van der Waals surface area contributed by atoms with Gasteiger partial charge in [0.2, 0.25) is 9.84 Å². The van der Waals surface area contributed by atoms with Crippen LogP contribution in [0.1, 0.15) is 31.9 Å². The SMILES string of the molecule is C=CC1(OC(=O)C(C)(C)C)c2ccccc2S(=O)(=O)c2ccccc21. The molecule has 4 nitrogen and oxygen atoms in total. The van der Waals surface area contributed by atoms with E-state index in [2.05, 4.69) is 6.58 Å². The number of rotatable bonds is 2. The van der Waals surface area contributed by atoms with Gasteiger partial charge in [0.05, 0.1) is 15.2 Å². The van der Waals surface area contributed by atoms with E-state index in [1.54, 1.807) is 57.2 Å². The molecule has 0 N–H and O–H groups in total. The number of fused-ring (bicyclic) bond motifs is 2. The quantitative estimate of drug-likeness (QED) is 0.606. The first-order valence-corrected chi connectivity index (χ1v) is 9.44. The summed E-state index contributed by atoms with van der Waals surface area (Å²) in [6.07, 6.45) is 1.50. The van der Waals surface area contributed by atoms with Gasteiger partial charge >= 0.3 is 5.97 Å². The second-order valence-electron chi connectivity index (χ2n) is 7.08. The largest absolute Gasteiger partial charge is 0.444 e. The van der Waals surface area contributed by atoms with Crippen molar-refractivity contribution in [2.24, 2.45) is 5.41 Å². The summed E-state index contributed by atoms with van der Waals surface area (Å²) in [5, 5.41) is 0. The smallest absolute Gasteiger partial charge is 0.312 e. The molecule has 0 amide bonds. The monoisotopic (exact) mass is 356 g/mol. The molecule has 1 aliphatic rings. The Morgan fingerprint density at radius 1 is 1.00 bits per heavy atom. The van der Waals surface area contributed by atoms with Crippen LogP contribution in [-0.4, -0.2) is 14.4 Å². The Balaban J connectivity index is 2.37. The molecule has 25 heavy (non-hydrogen) atoms. The zero-order valence-corrected chi connectivity index (χ0v) is 15.3. The maximum atomic E-state index is 13.0. The summed E-state index contributed by atoms with van der Waals surface area (Å²) in [6.45, 7) is 9.13. The van der Waals surface area contributed by atoms with Crippen molar-refractivity contribution in [3.8, 4) is 0 Å². The molecule has 5 heteroatoms. The number of carbonyl (C=O) groups is 1. The Hall–Kier alpha value is -2.40. The second kappa shape index (κ2) is 5.56. The third-order valence-corrected chi connectivity index (χ3v) is 6.18. The Labute approximate surface area is 148 Å². The Morgan fingerprint density at radius 3 is 1.84 bits per heavy atom. The van der Waals surface area contributed by atoms with E-state index in [9.17, 15) is 13.2 Å². The van der Waals surface area contributed by atoms with Crippen LogP contribution in [0.3, 0.4) is 0 Å². The van der Waals surface area contributed by atoms with Crippen molar-refractivity contribution in [3.63, 3.8) is 0 Å². The lowest BCUT2D eigenvalue weighted by atomic mass is 9.84. The average Bonchev–Trinajstić information content (AvgIpc) is 2.58. The van der Waals surface area contributed by atoms with Crippen LogP contribution in [-0.2, 0) is 25.0 Å². The van der Waals surface area contributed by atoms with E-state index < -0.39 is 26.8 Å². The molecule has 130 valence electrons. The first-order chi connectivity index (χ1) is 11.6. The average molecular weight is 356 g/mol. The van der Waals surface area contributed by atoms with E-state index in [1.807, 2.05) is 0 Å². The van der Waals surface area contributed by atoms with Gasteiger partial charge < -0.3 is 4.74 Å². The van der Waals surface area contributed by atoms with Gasteiger partial charge in [0.25, 0.3) is 0 Å². The van der Waals surface area contributed by atoms with E-state index in [-0.39, 0.29) is 9.79 Å². The summed E-state index contributed by atoms with van der Waals surface area (Å²) < 4.78 is 31.9. The predicted molar refractivity (Wildman–Crippen MR) is 94.9 cm³/mol. The highest BCUT2D eigenvalue weighted by Crippen LogP contribution is 2.48. The Kier molecular flexibility index (Phi) is 3.88. The minimum absolute atomic E-state index is 0.135. The van der Waals surface area contributed by atoms with Crippen LogP contribution in [0.2, 0.25) is 0 Å². The molecule has 0 spiro atoms. The van der Waals surface area contributed by atoms with Crippen LogP contribution in [0, 0.1) is 5.41 Å². The molecule has 0 saturated heterocycles. The zero-order valence-electron chi connectivity index (χ0n) is 14.4. The van der Waals surface area contributed by atoms with Gasteiger partial charge in [0.1, 0.15) is 0 Å². The number of benzene rings is 2. The lowest BCUT2D eigenvalue weighted by Crippen LogP contribution is -2.40. The molecule has 0 atom stereocenters. The van der Waals surface area contributed by atoms with Crippen molar-refractivity contribution in [1.29, 1.82) is 0 Å². The summed E-state index contributed by atoms with van der Waals surface area (Å²) in [7, 11) is -3.69. The van der Waals surface area contributed by atoms with Gasteiger partial charge in [-0.2, -0.15) is 0 Å². The normalized spacial score (nSPS) is 17.1. The highest BCUT2D eigenvalue weighted by atomic mass is 32.2. The third-order valence-electron chi connectivity index (χ3n) is 4.31. The van der Waals surface area contributed by atoms with E-state index >= 15 is 0 Å². The fourth-order valence-electron chi connectivity index (χ4n) is 2.95. The molecular weight excluding hydrogens is 336 g/mol. The fourth-order valence-corrected chi connectivity index (χ4v) is 4.72. The molecule has 3 rings (SSSR count). The summed E-state index contributed by atoms with van der Waals surface area (Å²) in [5.41, 5.74) is -1.28. The molecule has 0 bridgehead atoms. The van der Waals surface area contributed by atoms with Crippen LogP contribution in [0.4, 0.5) is 0 Å². The van der Waals surface area contributed by atoms with Crippen molar-refractivity contribution in [2.75, 3.05) is 0 Å². The molecule has 0 aromatic heterocycles. The zero-order chi connectivity index (χ0) is 18.5. The lowest BCUT2D eigenvalue weighted by Gasteiger charge is -2.38. The van der Waals surface area contributed by atoms with Gasteiger partial charge in [-0.15, -0.1) is 0 Å². The highest BCUT2D eigenvalue weighted by Gasteiger charge is 2.48. The number of esters is 1. The number of ether oxygens (including phenoxy) is 1. The van der Waals surface area contributed by atoms with Gasteiger partial charge in [-0.3, -0.25) is 4.79 Å². The minimum Gasteiger partial charge on any atom is -0.444 e. The van der Waals surface area contributed by atoms with Gasteiger partial charge in [0, 0.05) is 11.1 Å². The van der Waals surface area contributed by atoms with Gasteiger partial charge in [-0.1, -0.05) is 43.0 Å². The van der Waals surface area contributed by atoms with Gasteiger partial charge in [-0.05, 0) is 39.0 Å². The van der Waals surface area contributed by atoms with E-state index in [0.717, 1.165) is 0 Å². The number of sulfone groups is 1. The maximum absolute atomic E-state index is 13.0. The van der Waals surface area contributed by atoms with Crippen LogP contribution < -0.4 is 0 Å². The lowest BCUT2D eigenvalue weighted by molar-refractivity contribution is -0.163. The van der Waals surface area contributed by atoms with E-state index in [0.29, 0.717) is 11.1 Å². The van der Waals surface area contributed by atoms with E-state index in [4.69, 9.17) is 4.74 Å². The molecule has 0 saturated carbocycles. The Morgan fingerprint density at radius 2 is 1.44 bits per heavy atom. The van der Waals surface area contributed by atoms with Crippen LogP contribution in [0.15, 0.2) is 71.0 Å². The van der Waals surface area contributed by atoms with Crippen molar-refractivity contribution in [3.05, 3.63) is 72.3 Å². The number of hydrogen-bond acceptors (Lipinski definition) is 4. The molecule has 0 unspecified atom stereocenters. The van der Waals surface area contributed by atoms with Crippen LogP contribution >= 0.6 is 0 Å². The summed E-state index contributed by atoms with van der Waals surface area (Å²) in [5.74, 6) is -0.434. The molecule has 1 aliphatic heterocycles. The molecule has 2 aromatic carbocycles. The van der Waals surface area contributed by atoms with Crippen LogP contribution in [0.5, 0.6) is 0 Å². The third kappa shape index (κ3) is 2.50. The molecule has 2 aromatic rings.